The number of nitrogens with zero attached hydrogens (tertiary/aromatic N) is 2. The van der Waals surface area contributed by atoms with E-state index < -0.39 is 0 Å². The second kappa shape index (κ2) is 9.12. The van der Waals surface area contributed by atoms with E-state index in [4.69, 9.17) is 14.2 Å². The fourth-order valence-corrected chi connectivity index (χ4v) is 2.47. The molecule has 0 radical (unpaired) electrons. The van der Waals surface area contributed by atoms with E-state index in [0.29, 0.717) is 38.7 Å². The number of anilines is 1. The number of esters is 1. The molecule has 1 saturated heterocycles. The van der Waals surface area contributed by atoms with E-state index in [1.54, 1.807) is 36.0 Å². The Bertz CT molecular complexity index is 540. The molecule has 0 saturated carbocycles. The molecule has 1 heterocycles. The summed E-state index contributed by atoms with van der Waals surface area (Å²) in [4.78, 5) is 27.8. The molecule has 1 amide bonds. The van der Waals surface area contributed by atoms with Crippen LogP contribution in [0.15, 0.2) is 24.3 Å². The Hall–Kier alpha value is -2.28. The lowest BCUT2D eigenvalue weighted by Crippen LogP contribution is -2.47. The first-order valence-corrected chi connectivity index (χ1v) is 8.04. The van der Waals surface area contributed by atoms with Crippen LogP contribution in [0, 0.1) is 0 Å². The lowest BCUT2D eigenvalue weighted by molar-refractivity contribution is -0.141. The van der Waals surface area contributed by atoms with Gasteiger partial charge in [0.15, 0.2) is 0 Å². The number of hydrogen-bond donors (Lipinski definition) is 0. The SMILES string of the molecule is CCOC(=O)CN(CC(=O)N1CCOCC1)c1ccc(OC)cc1. The molecule has 7 heteroatoms. The second-order valence-corrected chi connectivity index (χ2v) is 5.35. The van der Waals surface area contributed by atoms with Crippen molar-refractivity contribution in [1.82, 2.24) is 4.90 Å². The molecule has 0 spiro atoms. The zero-order chi connectivity index (χ0) is 17.4. The number of hydrogen-bond acceptors (Lipinski definition) is 6. The minimum Gasteiger partial charge on any atom is -0.497 e. The van der Waals surface area contributed by atoms with Gasteiger partial charge in [0.25, 0.3) is 0 Å². The fourth-order valence-electron chi connectivity index (χ4n) is 2.47. The van der Waals surface area contributed by atoms with Crippen LogP contribution in [0.25, 0.3) is 0 Å². The standard InChI is InChI=1S/C17H24N2O5/c1-3-24-17(21)13-19(14-4-6-15(22-2)7-5-14)12-16(20)18-8-10-23-11-9-18/h4-7H,3,8-13H2,1-2H3. The highest BCUT2D eigenvalue weighted by molar-refractivity contribution is 5.84. The highest BCUT2D eigenvalue weighted by Gasteiger charge is 2.22. The number of carbonyl (C=O) groups is 2. The average molecular weight is 336 g/mol. The molecule has 7 nitrogen and oxygen atoms in total. The topological polar surface area (TPSA) is 68.3 Å². The van der Waals surface area contributed by atoms with Gasteiger partial charge in [0.2, 0.25) is 5.91 Å². The zero-order valence-electron chi connectivity index (χ0n) is 14.2. The van der Waals surface area contributed by atoms with Gasteiger partial charge in [-0.3, -0.25) is 9.59 Å². The van der Waals surface area contributed by atoms with Crippen LogP contribution < -0.4 is 9.64 Å². The summed E-state index contributed by atoms with van der Waals surface area (Å²) in [6.07, 6.45) is 0. The number of methoxy groups -OCH3 is 1. The normalized spacial score (nSPS) is 14.2. The molecule has 132 valence electrons. The molecular formula is C17H24N2O5. The minimum atomic E-state index is -0.358. The van der Waals surface area contributed by atoms with Crippen LogP contribution in [0.2, 0.25) is 0 Å². The van der Waals surface area contributed by atoms with Crippen LogP contribution >= 0.6 is 0 Å². The van der Waals surface area contributed by atoms with Gasteiger partial charge in [0.1, 0.15) is 12.3 Å². The molecular weight excluding hydrogens is 312 g/mol. The van der Waals surface area contributed by atoms with Gasteiger partial charge in [-0.25, -0.2) is 0 Å². The third-order valence-electron chi connectivity index (χ3n) is 3.75. The van der Waals surface area contributed by atoms with Crippen molar-refractivity contribution in [2.75, 3.05) is 58.0 Å². The highest BCUT2D eigenvalue weighted by atomic mass is 16.5. The van der Waals surface area contributed by atoms with Crippen LogP contribution in [-0.4, -0.2) is 69.9 Å². The van der Waals surface area contributed by atoms with Gasteiger partial charge < -0.3 is 24.0 Å². The van der Waals surface area contributed by atoms with Gasteiger partial charge in [-0.05, 0) is 31.2 Å². The maximum Gasteiger partial charge on any atom is 0.325 e. The molecule has 1 fully saturated rings. The van der Waals surface area contributed by atoms with Crippen molar-refractivity contribution < 1.29 is 23.8 Å². The summed E-state index contributed by atoms with van der Waals surface area (Å²) < 4.78 is 15.4. The lowest BCUT2D eigenvalue weighted by Gasteiger charge is -2.30. The number of benzene rings is 1. The summed E-state index contributed by atoms with van der Waals surface area (Å²) in [5.74, 6) is 0.329. The molecule has 0 aliphatic carbocycles. The van der Waals surface area contributed by atoms with Crippen molar-refractivity contribution in [3.8, 4) is 5.75 Å². The zero-order valence-corrected chi connectivity index (χ0v) is 14.2. The predicted octanol–water partition coefficient (Wildman–Crippen LogP) is 0.923. The summed E-state index contributed by atoms with van der Waals surface area (Å²) >= 11 is 0. The van der Waals surface area contributed by atoms with Crippen LogP contribution in [0.1, 0.15) is 6.92 Å². The van der Waals surface area contributed by atoms with Crippen molar-refractivity contribution in [3.05, 3.63) is 24.3 Å². The van der Waals surface area contributed by atoms with Crippen molar-refractivity contribution in [1.29, 1.82) is 0 Å². The van der Waals surface area contributed by atoms with Crippen molar-refractivity contribution >= 4 is 17.6 Å². The highest BCUT2D eigenvalue weighted by Crippen LogP contribution is 2.19. The van der Waals surface area contributed by atoms with Crippen molar-refractivity contribution in [2.45, 2.75) is 6.92 Å². The Balaban J connectivity index is 2.08. The molecule has 0 bridgehead atoms. The first-order chi connectivity index (χ1) is 11.6. The molecule has 1 aliphatic heterocycles. The second-order valence-electron chi connectivity index (χ2n) is 5.35. The maximum atomic E-state index is 12.5. The molecule has 24 heavy (non-hydrogen) atoms. The van der Waals surface area contributed by atoms with Crippen LogP contribution in [0.5, 0.6) is 5.75 Å². The molecule has 0 unspecified atom stereocenters. The van der Waals surface area contributed by atoms with E-state index >= 15 is 0 Å². The quantitative estimate of drug-likeness (QED) is 0.690. The lowest BCUT2D eigenvalue weighted by atomic mass is 10.2. The summed E-state index contributed by atoms with van der Waals surface area (Å²) in [5.41, 5.74) is 0.769. The van der Waals surface area contributed by atoms with Gasteiger partial charge in [-0.15, -0.1) is 0 Å². The van der Waals surface area contributed by atoms with Crippen LogP contribution in [0.3, 0.4) is 0 Å². The summed E-state index contributed by atoms with van der Waals surface area (Å²) in [6, 6.07) is 7.24. The van der Waals surface area contributed by atoms with Gasteiger partial charge in [0, 0.05) is 18.8 Å². The third-order valence-corrected chi connectivity index (χ3v) is 3.75. The molecule has 2 rings (SSSR count). The van der Waals surface area contributed by atoms with E-state index in [1.165, 1.54) is 0 Å². The van der Waals surface area contributed by atoms with Crippen LogP contribution in [0.4, 0.5) is 5.69 Å². The molecule has 1 aromatic rings. The van der Waals surface area contributed by atoms with E-state index in [1.807, 2.05) is 12.1 Å². The number of carbonyl (C=O) groups excluding carboxylic acids is 2. The van der Waals surface area contributed by atoms with E-state index in [-0.39, 0.29) is 25.0 Å². The average Bonchev–Trinajstić information content (AvgIpc) is 2.62. The van der Waals surface area contributed by atoms with E-state index in [0.717, 1.165) is 5.69 Å². The Morgan fingerprint density at radius 1 is 1.17 bits per heavy atom. The summed E-state index contributed by atoms with van der Waals surface area (Å²) in [7, 11) is 1.59. The first kappa shape index (κ1) is 18.1. The minimum absolute atomic E-state index is 0.0241. The fraction of sp³-hybridized carbons (Fsp3) is 0.529. The molecule has 1 aromatic carbocycles. The number of rotatable bonds is 7. The number of morpholine rings is 1. The predicted molar refractivity (Wildman–Crippen MR) is 89.2 cm³/mol. The maximum absolute atomic E-state index is 12.5. The van der Waals surface area contributed by atoms with Gasteiger partial charge in [-0.2, -0.15) is 0 Å². The van der Waals surface area contributed by atoms with Gasteiger partial charge in [0.05, 0.1) is 33.5 Å². The smallest absolute Gasteiger partial charge is 0.325 e. The van der Waals surface area contributed by atoms with E-state index in [2.05, 4.69) is 0 Å². The van der Waals surface area contributed by atoms with Crippen LogP contribution in [-0.2, 0) is 19.1 Å². The van der Waals surface area contributed by atoms with Gasteiger partial charge in [-0.1, -0.05) is 0 Å². The molecule has 0 atom stereocenters. The van der Waals surface area contributed by atoms with Crippen molar-refractivity contribution in [2.24, 2.45) is 0 Å². The Morgan fingerprint density at radius 3 is 2.42 bits per heavy atom. The third kappa shape index (κ3) is 5.13. The molecule has 1 aliphatic rings. The first-order valence-electron chi connectivity index (χ1n) is 8.04. The monoisotopic (exact) mass is 336 g/mol. The Kier molecular flexibility index (Phi) is 6.87. The molecule has 0 aromatic heterocycles. The largest absolute Gasteiger partial charge is 0.497 e. The van der Waals surface area contributed by atoms with Crippen molar-refractivity contribution in [3.63, 3.8) is 0 Å². The number of amides is 1. The molecule has 0 N–H and O–H groups in total. The Morgan fingerprint density at radius 2 is 1.83 bits per heavy atom. The summed E-state index contributed by atoms with van der Waals surface area (Å²) in [6.45, 7) is 4.46. The Labute approximate surface area is 142 Å². The van der Waals surface area contributed by atoms with E-state index in [9.17, 15) is 9.59 Å². The van der Waals surface area contributed by atoms with Gasteiger partial charge >= 0.3 is 5.97 Å². The summed E-state index contributed by atoms with van der Waals surface area (Å²) in [5, 5.41) is 0. The number of ether oxygens (including phenoxy) is 3.